The van der Waals surface area contributed by atoms with Crippen molar-refractivity contribution in [3.63, 3.8) is 0 Å². The Morgan fingerprint density at radius 3 is 2.45 bits per heavy atom. The summed E-state index contributed by atoms with van der Waals surface area (Å²) in [6, 6.07) is 11.6. The van der Waals surface area contributed by atoms with Gasteiger partial charge in [-0.1, -0.05) is 44.2 Å². The maximum absolute atomic E-state index is 12.8. The smallest absolute Gasteiger partial charge is 0.326 e. The maximum Gasteiger partial charge on any atom is 0.326 e. The molecule has 3 rings (SSSR count). The van der Waals surface area contributed by atoms with Crippen molar-refractivity contribution in [2.75, 3.05) is 23.9 Å². The third-order valence-electron chi connectivity index (χ3n) is 5.38. The Morgan fingerprint density at radius 2 is 1.85 bits per heavy atom. The van der Waals surface area contributed by atoms with Gasteiger partial charge in [0.1, 0.15) is 18.7 Å². The van der Waals surface area contributed by atoms with E-state index in [0.717, 1.165) is 5.56 Å². The van der Waals surface area contributed by atoms with E-state index in [1.165, 1.54) is 24.1 Å². The number of carbonyl (C=O) groups is 4. The first-order valence-electron chi connectivity index (χ1n) is 10.6. The molecule has 0 aliphatic carbocycles. The van der Waals surface area contributed by atoms with E-state index in [2.05, 4.69) is 10.6 Å². The largest absolute Gasteiger partial charge is 0.480 e. The zero-order valence-corrected chi connectivity index (χ0v) is 18.7. The topological polar surface area (TPSA) is 125 Å². The molecule has 3 N–H and O–H groups in total. The molecule has 2 aromatic rings. The van der Waals surface area contributed by atoms with E-state index in [9.17, 15) is 24.3 Å². The van der Waals surface area contributed by atoms with Gasteiger partial charge in [-0.3, -0.25) is 19.3 Å². The molecule has 33 heavy (non-hydrogen) atoms. The molecule has 0 saturated heterocycles. The van der Waals surface area contributed by atoms with Gasteiger partial charge in [0.2, 0.25) is 5.91 Å². The van der Waals surface area contributed by atoms with Gasteiger partial charge < -0.3 is 20.5 Å². The monoisotopic (exact) mass is 453 g/mol. The highest BCUT2D eigenvalue weighted by Crippen LogP contribution is 2.35. The van der Waals surface area contributed by atoms with Crippen LogP contribution in [0.1, 0.15) is 29.8 Å². The fraction of sp³-hybridized carbons (Fsp3) is 0.333. The Bertz CT molecular complexity index is 1050. The van der Waals surface area contributed by atoms with Crippen molar-refractivity contribution in [2.24, 2.45) is 5.92 Å². The summed E-state index contributed by atoms with van der Waals surface area (Å²) in [6.45, 7) is 3.48. The summed E-state index contributed by atoms with van der Waals surface area (Å²) in [6.07, 6.45) is 0.124. The molecule has 0 radical (unpaired) electrons. The zero-order chi connectivity index (χ0) is 24.1. The normalized spacial score (nSPS) is 16.1. The van der Waals surface area contributed by atoms with Crippen LogP contribution in [0.15, 0.2) is 48.5 Å². The lowest BCUT2D eigenvalue weighted by Gasteiger charge is -2.38. The van der Waals surface area contributed by atoms with E-state index in [1.807, 2.05) is 19.9 Å². The number of benzene rings is 2. The molecule has 3 amide bonds. The molecule has 9 heteroatoms. The standard InChI is InChI=1S/C24H27N3O6/c1-14(2)21-23(30)25-17-12-16(9-10-19(17)27(21)20(28)13-33-3)22(29)26-18(24(31)32)11-15-7-5-4-6-8-15/h4-10,12,14,18,21H,11,13H2,1-3H3,(H,25,30)(H,26,29)(H,31,32). The minimum Gasteiger partial charge on any atom is -0.480 e. The fourth-order valence-corrected chi connectivity index (χ4v) is 3.84. The van der Waals surface area contributed by atoms with E-state index < -0.39 is 24.0 Å². The number of methoxy groups -OCH3 is 1. The summed E-state index contributed by atoms with van der Waals surface area (Å²) in [5.41, 5.74) is 1.68. The number of hydrogen-bond donors (Lipinski definition) is 3. The van der Waals surface area contributed by atoms with E-state index in [1.54, 1.807) is 30.3 Å². The first-order valence-corrected chi connectivity index (χ1v) is 10.6. The number of aliphatic carboxylic acids is 1. The zero-order valence-electron chi connectivity index (χ0n) is 18.7. The van der Waals surface area contributed by atoms with Crippen LogP contribution in [0.5, 0.6) is 0 Å². The second-order valence-corrected chi connectivity index (χ2v) is 8.16. The molecular formula is C24H27N3O6. The Hall–Kier alpha value is -3.72. The highest BCUT2D eigenvalue weighted by Gasteiger charge is 2.39. The Morgan fingerprint density at radius 1 is 1.15 bits per heavy atom. The molecule has 0 saturated carbocycles. The van der Waals surface area contributed by atoms with Crippen molar-refractivity contribution in [3.05, 3.63) is 59.7 Å². The maximum atomic E-state index is 12.8. The minimum absolute atomic E-state index is 0.124. The molecular weight excluding hydrogens is 426 g/mol. The van der Waals surface area contributed by atoms with Crippen molar-refractivity contribution in [2.45, 2.75) is 32.4 Å². The lowest BCUT2D eigenvalue weighted by molar-refractivity contribution is -0.139. The Balaban J connectivity index is 1.87. The van der Waals surface area contributed by atoms with Crippen LogP contribution in [0.25, 0.3) is 0 Å². The van der Waals surface area contributed by atoms with Gasteiger partial charge in [-0.15, -0.1) is 0 Å². The summed E-state index contributed by atoms with van der Waals surface area (Å²) >= 11 is 0. The first-order chi connectivity index (χ1) is 15.7. The van der Waals surface area contributed by atoms with Crippen LogP contribution in [0.3, 0.4) is 0 Å². The second-order valence-electron chi connectivity index (χ2n) is 8.16. The molecule has 9 nitrogen and oxygen atoms in total. The average Bonchev–Trinajstić information content (AvgIpc) is 2.77. The van der Waals surface area contributed by atoms with Crippen LogP contribution in [0.4, 0.5) is 11.4 Å². The molecule has 1 heterocycles. The molecule has 2 aromatic carbocycles. The minimum atomic E-state index is -1.16. The molecule has 1 aliphatic heterocycles. The van der Waals surface area contributed by atoms with Crippen LogP contribution < -0.4 is 15.5 Å². The molecule has 2 atom stereocenters. The number of nitrogens with one attached hydrogen (secondary N) is 2. The van der Waals surface area contributed by atoms with Crippen molar-refractivity contribution in [1.82, 2.24) is 5.32 Å². The molecule has 0 aromatic heterocycles. The van der Waals surface area contributed by atoms with Crippen LogP contribution >= 0.6 is 0 Å². The second kappa shape index (κ2) is 10.3. The number of hydrogen-bond acceptors (Lipinski definition) is 5. The van der Waals surface area contributed by atoms with Gasteiger partial charge in [-0.05, 0) is 29.7 Å². The van der Waals surface area contributed by atoms with E-state index >= 15 is 0 Å². The van der Waals surface area contributed by atoms with Gasteiger partial charge in [0.25, 0.3) is 11.8 Å². The molecule has 1 aliphatic rings. The van der Waals surface area contributed by atoms with E-state index in [0.29, 0.717) is 11.4 Å². The molecule has 2 unspecified atom stereocenters. The summed E-state index contributed by atoms with van der Waals surface area (Å²) in [5.74, 6) is -2.66. The molecule has 0 bridgehead atoms. The number of ether oxygens (including phenoxy) is 1. The number of carboxylic acid groups (broad SMARTS) is 1. The van der Waals surface area contributed by atoms with Gasteiger partial charge in [0.05, 0.1) is 11.4 Å². The van der Waals surface area contributed by atoms with Crippen LogP contribution in [0, 0.1) is 5.92 Å². The number of amides is 3. The van der Waals surface area contributed by atoms with E-state index in [4.69, 9.17) is 4.74 Å². The van der Waals surface area contributed by atoms with Crippen molar-refractivity contribution < 1.29 is 29.0 Å². The van der Waals surface area contributed by atoms with Crippen molar-refractivity contribution >= 4 is 35.1 Å². The number of nitrogens with zero attached hydrogens (tertiary/aromatic N) is 1. The summed E-state index contributed by atoms with van der Waals surface area (Å²) in [7, 11) is 1.40. The number of rotatable bonds is 8. The Labute approximate surface area is 191 Å². The summed E-state index contributed by atoms with van der Waals surface area (Å²) in [4.78, 5) is 51.4. The summed E-state index contributed by atoms with van der Waals surface area (Å²) in [5, 5.41) is 14.8. The average molecular weight is 453 g/mol. The van der Waals surface area contributed by atoms with Crippen LogP contribution in [-0.4, -0.2) is 54.6 Å². The summed E-state index contributed by atoms with van der Waals surface area (Å²) < 4.78 is 4.97. The van der Waals surface area contributed by atoms with Crippen molar-refractivity contribution in [1.29, 1.82) is 0 Å². The third-order valence-corrected chi connectivity index (χ3v) is 5.38. The number of fused-ring (bicyclic) bond motifs is 1. The van der Waals surface area contributed by atoms with Gasteiger partial charge in [0, 0.05) is 19.1 Å². The van der Waals surface area contributed by atoms with Gasteiger partial charge >= 0.3 is 5.97 Å². The molecule has 0 spiro atoms. The third kappa shape index (κ3) is 5.38. The van der Waals surface area contributed by atoms with Gasteiger partial charge in [-0.2, -0.15) is 0 Å². The number of anilines is 2. The lowest BCUT2D eigenvalue weighted by atomic mass is 9.96. The van der Waals surface area contributed by atoms with Crippen molar-refractivity contribution in [3.8, 4) is 0 Å². The SMILES string of the molecule is COCC(=O)N1c2ccc(C(=O)NC(Cc3ccccc3)C(=O)O)cc2NC(=O)C1C(C)C. The highest BCUT2D eigenvalue weighted by molar-refractivity contribution is 6.13. The van der Waals surface area contributed by atoms with Crippen LogP contribution in [0.2, 0.25) is 0 Å². The van der Waals surface area contributed by atoms with Gasteiger partial charge in [-0.25, -0.2) is 4.79 Å². The predicted octanol–water partition coefficient (Wildman–Crippen LogP) is 2.07. The molecule has 0 fully saturated rings. The predicted molar refractivity (Wildman–Crippen MR) is 122 cm³/mol. The van der Waals surface area contributed by atoms with Gasteiger partial charge in [0.15, 0.2) is 0 Å². The number of carbonyl (C=O) groups excluding carboxylic acids is 3. The quantitative estimate of drug-likeness (QED) is 0.562. The fourth-order valence-electron chi connectivity index (χ4n) is 3.84. The van der Waals surface area contributed by atoms with E-state index in [-0.39, 0.29) is 36.3 Å². The first kappa shape index (κ1) is 23.9. The lowest BCUT2D eigenvalue weighted by Crippen LogP contribution is -2.54. The number of carboxylic acids is 1. The van der Waals surface area contributed by atoms with Crippen LogP contribution in [-0.2, 0) is 25.5 Å². The highest BCUT2D eigenvalue weighted by atomic mass is 16.5. The Kier molecular flexibility index (Phi) is 7.44. The molecule has 174 valence electrons.